The van der Waals surface area contributed by atoms with E-state index in [2.05, 4.69) is 4.52 Å². The molecule has 6 heteroatoms. The van der Waals surface area contributed by atoms with Crippen molar-refractivity contribution in [3.63, 3.8) is 0 Å². The quantitative estimate of drug-likeness (QED) is 0.509. The fourth-order valence-corrected chi connectivity index (χ4v) is 0.743. The first kappa shape index (κ1) is 9.78. The highest BCUT2D eigenvalue weighted by Gasteiger charge is 2.26. The summed E-state index contributed by atoms with van der Waals surface area (Å²) in [5.41, 5.74) is 0. The van der Waals surface area contributed by atoms with Gasteiger partial charge >= 0.3 is 13.9 Å². The van der Waals surface area contributed by atoms with Crippen LogP contribution in [-0.4, -0.2) is 34.1 Å². The van der Waals surface area contributed by atoms with E-state index in [1.165, 1.54) is 0 Å². The molecule has 0 radical (unpaired) electrons. The summed E-state index contributed by atoms with van der Waals surface area (Å²) in [4.78, 5) is 27.0. The summed E-state index contributed by atoms with van der Waals surface area (Å²) in [6, 6.07) is 0. The van der Waals surface area contributed by atoms with Crippen molar-refractivity contribution in [2.24, 2.45) is 0 Å². The lowest BCUT2D eigenvalue weighted by Crippen LogP contribution is -2.03. The van der Waals surface area contributed by atoms with Crippen LogP contribution in [0.2, 0.25) is 0 Å². The average Bonchev–Trinajstić information content (AvgIpc) is 1.59. The van der Waals surface area contributed by atoms with Crippen LogP contribution in [0.15, 0.2) is 0 Å². The van der Waals surface area contributed by atoms with Gasteiger partial charge in [0.2, 0.25) is 0 Å². The van der Waals surface area contributed by atoms with Crippen LogP contribution in [0.25, 0.3) is 0 Å². The second-order valence-electron chi connectivity index (χ2n) is 1.81. The zero-order chi connectivity index (χ0) is 8.20. The fourth-order valence-electron chi connectivity index (χ4n) is 0.306. The van der Waals surface area contributed by atoms with Crippen molar-refractivity contribution >= 4 is 13.9 Å². The molecule has 0 spiro atoms. The fraction of sp³-hybridized carbons (Fsp3) is 0.750. The number of carboxylic acids is 1. The molecule has 60 valence electrons. The van der Waals surface area contributed by atoms with Crippen LogP contribution in [0.3, 0.4) is 0 Å². The summed E-state index contributed by atoms with van der Waals surface area (Å²) in [7, 11) is -3.24. The molecule has 0 aliphatic heterocycles. The van der Waals surface area contributed by atoms with Gasteiger partial charge in [0.05, 0.1) is 6.42 Å². The molecule has 0 atom stereocenters. The Bertz CT molecular complexity index is 117. The van der Waals surface area contributed by atoms with Gasteiger partial charge in [-0.2, -0.15) is 14.3 Å². The number of carbonyl (C=O) groups is 1. The molecular weight excluding hydrogens is 159 g/mol. The van der Waals surface area contributed by atoms with Gasteiger partial charge < -0.3 is 5.11 Å². The lowest BCUT2D eigenvalue weighted by molar-refractivity contribution is -0.137. The Labute approximate surface area is 58.8 Å². The van der Waals surface area contributed by atoms with E-state index >= 15 is 0 Å². The largest absolute Gasteiger partial charge is 0.481 e. The SMILES string of the molecule is C[P+](O)(O)OCCC(=O)O. The van der Waals surface area contributed by atoms with Gasteiger partial charge in [-0.05, 0) is 0 Å². The molecule has 0 aromatic rings. The molecule has 0 heterocycles. The van der Waals surface area contributed by atoms with Crippen LogP contribution in [0.1, 0.15) is 6.42 Å². The number of rotatable bonds is 4. The van der Waals surface area contributed by atoms with E-state index in [1.54, 1.807) is 0 Å². The molecule has 0 fully saturated rings. The molecule has 5 nitrogen and oxygen atoms in total. The highest BCUT2D eigenvalue weighted by Crippen LogP contribution is 2.46. The van der Waals surface area contributed by atoms with Crippen LogP contribution >= 0.6 is 7.94 Å². The van der Waals surface area contributed by atoms with Gasteiger partial charge in [0, 0.05) is 0 Å². The average molecular weight is 169 g/mol. The van der Waals surface area contributed by atoms with E-state index in [9.17, 15) is 4.79 Å². The highest BCUT2D eigenvalue weighted by molar-refractivity contribution is 7.58. The van der Waals surface area contributed by atoms with Crippen LogP contribution in [0.5, 0.6) is 0 Å². The smallest absolute Gasteiger partial charge is 0.403 e. The highest BCUT2D eigenvalue weighted by atomic mass is 31.2. The van der Waals surface area contributed by atoms with Gasteiger partial charge in [-0.3, -0.25) is 4.79 Å². The lowest BCUT2D eigenvalue weighted by Gasteiger charge is -2.03. The zero-order valence-electron chi connectivity index (χ0n) is 5.52. The number of hydrogen-bond acceptors (Lipinski definition) is 4. The van der Waals surface area contributed by atoms with E-state index < -0.39 is 13.9 Å². The van der Waals surface area contributed by atoms with Gasteiger partial charge in [-0.15, -0.1) is 0 Å². The minimum atomic E-state index is -3.24. The van der Waals surface area contributed by atoms with E-state index in [4.69, 9.17) is 14.9 Å². The first-order chi connectivity index (χ1) is 4.42. The van der Waals surface area contributed by atoms with E-state index in [-0.39, 0.29) is 13.0 Å². The minimum Gasteiger partial charge on any atom is -0.481 e. The minimum absolute atomic E-state index is 0.160. The van der Waals surface area contributed by atoms with E-state index in [0.29, 0.717) is 0 Å². The second-order valence-corrected chi connectivity index (χ2v) is 3.74. The maximum Gasteiger partial charge on any atom is 0.403 e. The van der Waals surface area contributed by atoms with Crippen molar-refractivity contribution in [2.75, 3.05) is 13.3 Å². The predicted octanol–water partition coefficient (Wildman–Crippen LogP) is -0.145. The summed E-state index contributed by atoms with van der Waals surface area (Å²) in [5, 5.41) is 8.08. The maximum absolute atomic E-state index is 9.85. The molecule has 0 rings (SSSR count). The van der Waals surface area contributed by atoms with Crippen molar-refractivity contribution in [3.05, 3.63) is 0 Å². The van der Waals surface area contributed by atoms with E-state index in [0.717, 1.165) is 6.66 Å². The molecule has 10 heavy (non-hydrogen) atoms. The number of aliphatic carboxylic acids is 1. The third-order valence-corrected chi connectivity index (χ3v) is 1.32. The first-order valence-corrected chi connectivity index (χ1v) is 4.66. The molecular formula is C4H10O5P+. The Kier molecular flexibility index (Phi) is 3.75. The number of carboxylic acid groups (broad SMARTS) is 1. The van der Waals surface area contributed by atoms with Crippen molar-refractivity contribution in [1.29, 1.82) is 0 Å². The lowest BCUT2D eigenvalue weighted by atomic mass is 10.5. The summed E-state index contributed by atoms with van der Waals surface area (Å²) in [6.45, 7) is 0.960. The molecule has 0 aliphatic rings. The molecule has 0 aromatic heterocycles. The molecule has 0 unspecified atom stereocenters. The van der Waals surface area contributed by atoms with Crippen molar-refractivity contribution in [1.82, 2.24) is 0 Å². The van der Waals surface area contributed by atoms with Gasteiger partial charge in [0.25, 0.3) is 0 Å². The maximum atomic E-state index is 9.85. The third kappa shape index (κ3) is 7.78. The van der Waals surface area contributed by atoms with Gasteiger partial charge in [-0.1, -0.05) is 0 Å². The summed E-state index contributed by atoms with van der Waals surface area (Å²) < 4.78 is 4.38. The summed E-state index contributed by atoms with van der Waals surface area (Å²) >= 11 is 0. The predicted molar refractivity (Wildman–Crippen MR) is 35.5 cm³/mol. The van der Waals surface area contributed by atoms with Crippen LogP contribution in [0.4, 0.5) is 0 Å². The van der Waals surface area contributed by atoms with Crippen LogP contribution < -0.4 is 0 Å². The summed E-state index contributed by atoms with van der Waals surface area (Å²) in [6.07, 6.45) is -0.212. The zero-order valence-corrected chi connectivity index (χ0v) is 6.41. The molecule has 3 N–H and O–H groups in total. The molecule has 0 bridgehead atoms. The van der Waals surface area contributed by atoms with Crippen LogP contribution in [-0.2, 0) is 9.32 Å². The molecule has 0 aliphatic carbocycles. The Morgan fingerprint density at radius 2 is 2.10 bits per heavy atom. The normalized spacial score (nSPS) is 11.5. The second kappa shape index (κ2) is 3.83. The molecule has 0 saturated heterocycles. The monoisotopic (exact) mass is 169 g/mol. The Morgan fingerprint density at radius 3 is 2.40 bits per heavy atom. The summed E-state index contributed by atoms with van der Waals surface area (Å²) in [5.74, 6) is -1.02. The topological polar surface area (TPSA) is 87.0 Å². The Hall–Kier alpha value is -0.220. The van der Waals surface area contributed by atoms with Crippen molar-refractivity contribution in [3.8, 4) is 0 Å². The van der Waals surface area contributed by atoms with Gasteiger partial charge in [-0.25, -0.2) is 0 Å². The van der Waals surface area contributed by atoms with E-state index in [1.807, 2.05) is 0 Å². The molecule has 0 aromatic carbocycles. The first-order valence-electron chi connectivity index (χ1n) is 2.60. The molecule has 0 saturated carbocycles. The van der Waals surface area contributed by atoms with Crippen molar-refractivity contribution < 1.29 is 24.2 Å². The van der Waals surface area contributed by atoms with Crippen molar-refractivity contribution in [2.45, 2.75) is 6.42 Å². The standard InChI is InChI=1S/C4H9O5P/c1-10(7,8)9-3-2-4(5)6/h7-8H,2-3H2,1H3/p+1. The Balaban J connectivity index is 3.29. The van der Waals surface area contributed by atoms with Gasteiger partial charge in [0.15, 0.2) is 0 Å². The third-order valence-electron chi connectivity index (χ3n) is 0.652. The van der Waals surface area contributed by atoms with Crippen LogP contribution in [0, 0.1) is 0 Å². The Morgan fingerprint density at radius 1 is 1.60 bits per heavy atom. The molecule has 0 amide bonds. The van der Waals surface area contributed by atoms with Gasteiger partial charge in [0.1, 0.15) is 13.3 Å². The number of hydrogen-bond donors (Lipinski definition) is 3.